The fourth-order valence-corrected chi connectivity index (χ4v) is 0. The molecule has 0 aromatic carbocycles. The molecule has 0 aliphatic heterocycles. The summed E-state index contributed by atoms with van der Waals surface area (Å²) in [6, 6.07) is 0. The second kappa shape index (κ2) is 55.7. The van der Waals surface area contributed by atoms with Crippen molar-refractivity contribution in [2.45, 2.75) is 0 Å². The van der Waals surface area contributed by atoms with E-state index in [4.69, 9.17) is 17.5 Å². The summed E-state index contributed by atoms with van der Waals surface area (Å²) in [6.07, 6.45) is 0. The molecule has 11 nitrogen and oxygen atoms in total. The van der Waals surface area contributed by atoms with Gasteiger partial charge in [0.15, 0.2) is 0 Å². The van der Waals surface area contributed by atoms with Crippen molar-refractivity contribution in [2.24, 2.45) is 0 Å². The van der Waals surface area contributed by atoms with Crippen molar-refractivity contribution < 1.29 is 55.9 Å². The van der Waals surface area contributed by atoms with Crippen molar-refractivity contribution in [3.05, 3.63) is 13.2 Å². The highest BCUT2D eigenvalue weighted by Gasteiger charge is 1.84. The minimum absolute atomic E-state index is 0. The Morgan fingerprint density at radius 2 is 0.643 bits per heavy atom. The highest BCUT2D eigenvalue weighted by Crippen LogP contribution is 1.59. The molecule has 0 aliphatic rings. The maximum atomic E-state index is 8.74. The molecule has 0 aliphatic carbocycles. The molecule has 0 heterocycles. The van der Waals surface area contributed by atoms with Crippen molar-refractivity contribution in [3.63, 3.8) is 0 Å². The third-order valence-electron chi connectivity index (χ3n) is 0. The van der Waals surface area contributed by atoms with Gasteiger partial charge < -0.3 is 38.3 Å². The van der Waals surface area contributed by atoms with Crippen molar-refractivity contribution in [1.29, 1.82) is 0 Å². The van der Waals surface area contributed by atoms with Crippen LogP contribution in [0.4, 0.5) is 0 Å². The third kappa shape index (κ3) is 2690. The molecule has 0 fully saturated rings. The molecule has 0 radical (unpaired) electrons. The Morgan fingerprint density at radius 3 is 0.643 bits per heavy atom. The fourth-order valence-electron chi connectivity index (χ4n) is 0. The van der Waals surface area contributed by atoms with Crippen LogP contribution in [-0.4, -0.2) is 55.9 Å². The van der Waals surface area contributed by atoms with Crippen LogP contribution in [0.25, 0.3) is 0 Å². The largest absolute Gasteiger partial charge is 0.412 e. The van der Waals surface area contributed by atoms with Crippen molar-refractivity contribution in [2.75, 3.05) is 0 Å². The molecule has 0 bridgehead atoms. The van der Waals surface area contributed by atoms with Crippen LogP contribution in [0.5, 0.6) is 0 Å². The van der Waals surface area contributed by atoms with Crippen LogP contribution in [-0.2, 0) is 10.4 Å². The SMILES string of the molecule is C=C.O.O.O.O.O.O.O.O=S(=O)(O)O. The molecule has 0 spiro atoms. The first-order chi connectivity index (χ1) is 3.00. The Morgan fingerprint density at radius 1 is 0.643 bits per heavy atom. The zero-order valence-electron chi connectivity index (χ0n) is 7.03. The van der Waals surface area contributed by atoms with Gasteiger partial charge in [0, 0.05) is 0 Å². The van der Waals surface area contributed by atoms with E-state index in [0.29, 0.717) is 0 Å². The molecule has 0 unspecified atom stereocenters. The van der Waals surface area contributed by atoms with Crippen LogP contribution in [0.2, 0.25) is 0 Å². The number of hydrogen-bond donors (Lipinski definition) is 2. The van der Waals surface area contributed by atoms with Gasteiger partial charge >= 0.3 is 10.4 Å². The summed E-state index contributed by atoms with van der Waals surface area (Å²) in [4.78, 5) is 0. The first kappa shape index (κ1) is 108. The minimum atomic E-state index is -4.67. The molecule has 0 saturated heterocycles. The van der Waals surface area contributed by atoms with Crippen LogP contribution in [0.3, 0.4) is 0 Å². The molecular formula is C2H20O11S. The summed E-state index contributed by atoms with van der Waals surface area (Å²) in [6.45, 7) is 6.00. The molecule has 0 aromatic heterocycles. The summed E-state index contributed by atoms with van der Waals surface area (Å²) in [5.74, 6) is 0. The van der Waals surface area contributed by atoms with E-state index in [0.717, 1.165) is 0 Å². The second-order valence-electron chi connectivity index (χ2n) is 0.448. The highest BCUT2D eigenvalue weighted by atomic mass is 32.3. The molecule has 12 heteroatoms. The Hall–Kier alpha value is -0.670. The van der Waals surface area contributed by atoms with Gasteiger partial charge in [0.1, 0.15) is 0 Å². The van der Waals surface area contributed by atoms with Crippen LogP contribution >= 0.6 is 0 Å². The lowest BCUT2D eigenvalue weighted by Gasteiger charge is -1.68. The second-order valence-corrected chi connectivity index (χ2v) is 1.34. The van der Waals surface area contributed by atoms with Gasteiger partial charge in [-0.3, -0.25) is 9.11 Å². The van der Waals surface area contributed by atoms with Gasteiger partial charge in [-0.1, -0.05) is 0 Å². The van der Waals surface area contributed by atoms with Crippen molar-refractivity contribution >= 4 is 10.4 Å². The Balaban J connectivity index is -0.00000000377. The van der Waals surface area contributed by atoms with E-state index in [2.05, 4.69) is 13.2 Å². The number of hydrogen-bond acceptors (Lipinski definition) is 2. The van der Waals surface area contributed by atoms with Gasteiger partial charge in [-0.05, 0) is 0 Å². The molecule has 16 N–H and O–H groups in total. The highest BCUT2D eigenvalue weighted by molar-refractivity contribution is 7.79. The summed E-state index contributed by atoms with van der Waals surface area (Å²) in [7, 11) is -4.67. The van der Waals surface area contributed by atoms with Crippen molar-refractivity contribution in [3.8, 4) is 0 Å². The van der Waals surface area contributed by atoms with Gasteiger partial charge in [-0.2, -0.15) is 8.42 Å². The topological polar surface area (TPSA) is 295 Å². The summed E-state index contributed by atoms with van der Waals surface area (Å²) >= 11 is 0. The summed E-state index contributed by atoms with van der Waals surface area (Å²) < 4.78 is 31.6. The molecule has 0 aromatic rings. The molecule has 0 rings (SSSR count). The summed E-state index contributed by atoms with van der Waals surface area (Å²) in [5.41, 5.74) is 0. The van der Waals surface area contributed by atoms with E-state index in [1.54, 1.807) is 0 Å². The van der Waals surface area contributed by atoms with E-state index in [1.807, 2.05) is 0 Å². The van der Waals surface area contributed by atoms with E-state index >= 15 is 0 Å². The smallest absolute Gasteiger partial charge is 0.394 e. The summed E-state index contributed by atoms with van der Waals surface area (Å²) in [5, 5.41) is 0. The lowest BCUT2D eigenvalue weighted by Crippen LogP contribution is -1.89. The molecule has 14 heavy (non-hydrogen) atoms. The monoisotopic (exact) mass is 252 g/mol. The average molecular weight is 252 g/mol. The average Bonchev–Trinajstić information content (AvgIpc) is 1.36. The minimum Gasteiger partial charge on any atom is -0.412 e. The Bertz CT molecular complexity index is 107. The van der Waals surface area contributed by atoms with Gasteiger partial charge in [0.25, 0.3) is 0 Å². The van der Waals surface area contributed by atoms with Crippen LogP contribution in [0.15, 0.2) is 13.2 Å². The van der Waals surface area contributed by atoms with Gasteiger partial charge in [-0.15, -0.1) is 13.2 Å². The van der Waals surface area contributed by atoms with E-state index in [1.165, 1.54) is 0 Å². The third-order valence-corrected chi connectivity index (χ3v) is 0. The number of rotatable bonds is 0. The van der Waals surface area contributed by atoms with E-state index in [9.17, 15) is 0 Å². The molecule has 0 amide bonds. The van der Waals surface area contributed by atoms with Crippen molar-refractivity contribution in [1.82, 2.24) is 0 Å². The van der Waals surface area contributed by atoms with Gasteiger partial charge in [0.2, 0.25) is 0 Å². The fraction of sp³-hybridized carbons (Fsp3) is 0. The molecule has 100 valence electrons. The van der Waals surface area contributed by atoms with Crippen LogP contribution in [0.1, 0.15) is 0 Å². The van der Waals surface area contributed by atoms with Gasteiger partial charge in [-0.25, -0.2) is 0 Å². The standard InChI is InChI=1S/C2H4.H2O4S.7H2O/c1-2;1-5(2,3)4;;;;;;;/h1-2H2;(H2,1,2,3,4);7*1H2. The van der Waals surface area contributed by atoms with E-state index in [-0.39, 0.29) is 38.3 Å². The molecule has 0 atom stereocenters. The predicted molar refractivity (Wildman–Crippen MR) is 50.7 cm³/mol. The predicted octanol–water partition coefficient (Wildman–Crippen LogP) is -5.62. The molecular weight excluding hydrogens is 232 g/mol. The maximum Gasteiger partial charge on any atom is 0.394 e. The lowest BCUT2D eigenvalue weighted by atomic mass is 11.3. The normalized spacial score (nSPS) is 4.43. The first-order valence-corrected chi connectivity index (χ1v) is 2.60. The van der Waals surface area contributed by atoms with Crippen LogP contribution < -0.4 is 0 Å². The van der Waals surface area contributed by atoms with E-state index < -0.39 is 10.4 Å². The Kier molecular flexibility index (Phi) is 430. The molecule has 0 saturated carbocycles. The zero-order chi connectivity index (χ0) is 6.50. The lowest BCUT2D eigenvalue weighted by molar-refractivity contribution is 0.381. The van der Waals surface area contributed by atoms with Gasteiger partial charge in [0.05, 0.1) is 0 Å². The van der Waals surface area contributed by atoms with Crippen LogP contribution in [0, 0.1) is 0 Å². The quantitative estimate of drug-likeness (QED) is 0.314. The maximum absolute atomic E-state index is 8.74. The Labute approximate surface area is 80.4 Å². The first-order valence-electron chi connectivity index (χ1n) is 1.20. The zero-order valence-corrected chi connectivity index (χ0v) is 7.85.